The van der Waals surface area contributed by atoms with E-state index in [1.54, 1.807) is 36.2 Å². The van der Waals surface area contributed by atoms with Crippen molar-refractivity contribution in [2.24, 2.45) is 0 Å². The second-order valence-electron chi connectivity index (χ2n) is 11.2. The molecule has 222 valence electrons. The summed E-state index contributed by atoms with van der Waals surface area (Å²) in [5.41, 5.74) is 0.621. The van der Waals surface area contributed by atoms with Crippen molar-refractivity contribution in [3.63, 3.8) is 0 Å². The summed E-state index contributed by atoms with van der Waals surface area (Å²) < 4.78 is 4.83. The van der Waals surface area contributed by atoms with Gasteiger partial charge in [-0.3, -0.25) is 19.6 Å². The molecule has 1 aromatic carbocycles. The lowest BCUT2D eigenvalue weighted by Gasteiger charge is -2.22. The van der Waals surface area contributed by atoms with Crippen LogP contribution in [0.2, 0.25) is 0 Å². The number of rotatable bonds is 9. The highest BCUT2D eigenvalue weighted by Crippen LogP contribution is 2.20. The van der Waals surface area contributed by atoms with Crippen LogP contribution in [0.5, 0.6) is 0 Å². The van der Waals surface area contributed by atoms with E-state index in [9.17, 15) is 19.5 Å². The topological polar surface area (TPSA) is 151 Å². The molecule has 1 atom stereocenters. The Balaban J connectivity index is 1.31. The van der Waals surface area contributed by atoms with Crippen LogP contribution in [-0.2, 0) is 13.1 Å². The Morgan fingerprint density at radius 2 is 1.88 bits per heavy atom. The maximum Gasteiger partial charge on any atom is 0.320 e. The van der Waals surface area contributed by atoms with Crippen LogP contribution in [0, 0.1) is 6.92 Å². The monoisotopic (exact) mass is 575 g/mol. The Labute approximate surface area is 243 Å². The number of imidazole rings is 1. The highest BCUT2D eigenvalue weighted by molar-refractivity contribution is 5.95. The number of nitrogens with zero attached hydrogens (tertiary/aromatic N) is 6. The molecule has 13 heteroatoms. The highest BCUT2D eigenvalue weighted by atomic mass is 16.3. The molecule has 0 unspecified atom stereocenters. The van der Waals surface area contributed by atoms with Crippen molar-refractivity contribution in [3.05, 3.63) is 75.8 Å². The number of urea groups is 1. The minimum absolute atomic E-state index is 0.0822. The predicted molar refractivity (Wildman–Crippen MR) is 159 cm³/mol. The first-order valence-corrected chi connectivity index (χ1v) is 14.1. The molecule has 0 bridgehead atoms. The molecule has 1 fully saturated rings. The van der Waals surface area contributed by atoms with Gasteiger partial charge in [0.2, 0.25) is 0 Å². The van der Waals surface area contributed by atoms with E-state index in [1.165, 1.54) is 4.68 Å². The second-order valence-corrected chi connectivity index (χ2v) is 11.2. The number of hydrogen-bond acceptors (Lipinski definition) is 7. The number of aliphatic hydroxyl groups is 1. The standard InChI is InChI=1S/C29H37N9O4/c1-5-30-28(41)33-22-17-36-23(32-22)11-12-24(34-36)35-14-13-21(16-35)31-26(39)25-19(2)38(18-29(3,4)42)37(27(25)40)15-20-9-7-6-8-10-20/h6-12,17,21,42H,5,13-16,18H2,1-4H3,(H,31,39)(H2,30,33,41)/t21-/m0/s1. The van der Waals surface area contributed by atoms with E-state index in [4.69, 9.17) is 0 Å². The first-order valence-electron chi connectivity index (χ1n) is 14.1. The van der Waals surface area contributed by atoms with Gasteiger partial charge in [0.1, 0.15) is 11.4 Å². The summed E-state index contributed by atoms with van der Waals surface area (Å²) in [7, 11) is 0. The molecule has 3 amide bonds. The maximum atomic E-state index is 13.6. The van der Waals surface area contributed by atoms with Crippen LogP contribution < -0.4 is 26.4 Å². The third-order valence-corrected chi connectivity index (χ3v) is 7.16. The van der Waals surface area contributed by atoms with Gasteiger partial charge in [-0.1, -0.05) is 30.3 Å². The van der Waals surface area contributed by atoms with Crippen molar-refractivity contribution in [1.82, 2.24) is 34.6 Å². The quantitative estimate of drug-likeness (QED) is 0.238. The molecule has 4 heterocycles. The molecule has 1 saturated heterocycles. The van der Waals surface area contributed by atoms with Gasteiger partial charge in [0.25, 0.3) is 11.5 Å². The average molecular weight is 576 g/mol. The molecule has 4 aromatic rings. The molecular formula is C29H37N9O4. The summed E-state index contributed by atoms with van der Waals surface area (Å²) in [6.45, 7) is 9.05. The number of fused-ring (bicyclic) bond motifs is 1. The summed E-state index contributed by atoms with van der Waals surface area (Å²) in [5.74, 6) is 0.667. The van der Waals surface area contributed by atoms with Gasteiger partial charge in [-0.15, -0.1) is 5.10 Å². The lowest BCUT2D eigenvalue weighted by Crippen LogP contribution is -2.39. The summed E-state index contributed by atoms with van der Waals surface area (Å²) >= 11 is 0. The van der Waals surface area contributed by atoms with Gasteiger partial charge in [-0.2, -0.15) is 0 Å². The van der Waals surface area contributed by atoms with Crippen LogP contribution in [0.3, 0.4) is 0 Å². The smallest absolute Gasteiger partial charge is 0.320 e. The largest absolute Gasteiger partial charge is 0.389 e. The lowest BCUT2D eigenvalue weighted by atomic mass is 10.1. The van der Waals surface area contributed by atoms with Crippen LogP contribution in [0.1, 0.15) is 48.8 Å². The van der Waals surface area contributed by atoms with Gasteiger partial charge in [0, 0.05) is 25.7 Å². The van der Waals surface area contributed by atoms with Crippen molar-refractivity contribution < 1.29 is 14.7 Å². The molecule has 0 spiro atoms. The Morgan fingerprint density at radius 1 is 1.12 bits per heavy atom. The summed E-state index contributed by atoms with van der Waals surface area (Å²) in [6.07, 6.45) is 2.33. The van der Waals surface area contributed by atoms with E-state index in [-0.39, 0.29) is 30.7 Å². The molecule has 0 saturated carbocycles. The summed E-state index contributed by atoms with van der Waals surface area (Å²) in [4.78, 5) is 45.3. The van der Waals surface area contributed by atoms with Gasteiger partial charge in [0.05, 0.1) is 30.6 Å². The van der Waals surface area contributed by atoms with Crippen LogP contribution in [-0.4, -0.2) is 72.3 Å². The maximum absolute atomic E-state index is 13.6. The van der Waals surface area contributed by atoms with Gasteiger partial charge in [-0.05, 0) is 51.8 Å². The number of hydrogen-bond donors (Lipinski definition) is 4. The number of anilines is 2. The summed E-state index contributed by atoms with van der Waals surface area (Å²) in [5, 5.41) is 23.6. The number of aromatic nitrogens is 5. The predicted octanol–water partition coefficient (Wildman–Crippen LogP) is 1.97. The fourth-order valence-corrected chi connectivity index (χ4v) is 5.21. The molecule has 4 N–H and O–H groups in total. The van der Waals surface area contributed by atoms with Crippen LogP contribution in [0.4, 0.5) is 16.4 Å². The molecular weight excluding hydrogens is 538 g/mol. The fourth-order valence-electron chi connectivity index (χ4n) is 5.21. The van der Waals surface area contributed by atoms with Crippen molar-refractivity contribution >= 4 is 29.2 Å². The fraction of sp³-hybridized carbons (Fsp3) is 0.414. The normalized spacial score (nSPS) is 15.3. The highest BCUT2D eigenvalue weighted by Gasteiger charge is 2.30. The Bertz CT molecular complexity index is 1650. The minimum Gasteiger partial charge on any atom is -0.389 e. The van der Waals surface area contributed by atoms with E-state index in [0.717, 1.165) is 5.56 Å². The molecule has 13 nitrogen and oxygen atoms in total. The number of benzene rings is 1. The lowest BCUT2D eigenvalue weighted by molar-refractivity contribution is 0.0525. The molecule has 3 aromatic heterocycles. The van der Waals surface area contributed by atoms with Crippen molar-refractivity contribution in [1.29, 1.82) is 0 Å². The van der Waals surface area contributed by atoms with Gasteiger partial charge in [0.15, 0.2) is 11.5 Å². The third kappa shape index (κ3) is 6.30. The molecule has 0 aliphatic carbocycles. The van der Waals surface area contributed by atoms with Crippen LogP contribution >= 0.6 is 0 Å². The third-order valence-electron chi connectivity index (χ3n) is 7.16. The summed E-state index contributed by atoms with van der Waals surface area (Å²) in [6, 6.07) is 12.7. The van der Waals surface area contributed by atoms with Gasteiger partial charge < -0.3 is 20.6 Å². The van der Waals surface area contributed by atoms with Crippen molar-refractivity contribution in [2.45, 2.75) is 58.8 Å². The van der Waals surface area contributed by atoms with E-state index in [0.29, 0.717) is 49.0 Å². The van der Waals surface area contributed by atoms with Gasteiger partial charge >= 0.3 is 6.03 Å². The SMILES string of the molecule is CCNC(=O)Nc1cn2nc(N3CC[C@H](NC(=O)c4c(C)n(CC(C)(C)O)n(Cc5ccccc5)c4=O)C3)ccc2n1. The average Bonchev–Trinajstić information content (AvgIpc) is 3.61. The van der Waals surface area contributed by atoms with E-state index >= 15 is 0 Å². The number of nitrogens with one attached hydrogen (secondary N) is 3. The zero-order chi connectivity index (χ0) is 30.0. The van der Waals surface area contributed by atoms with E-state index < -0.39 is 17.1 Å². The Morgan fingerprint density at radius 3 is 2.60 bits per heavy atom. The zero-order valence-corrected chi connectivity index (χ0v) is 24.3. The Hall–Kier alpha value is -4.65. The number of carbonyl (C=O) groups excluding carboxylic acids is 2. The van der Waals surface area contributed by atoms with Crippen LogP contribution in [0.15, 0.2) is 53.5 Å². The van der Waals surface area contributed by atoms with Crippen molar-refractivity contribution in [2.75, 3.05) is 29.9 Å². The first kappa shape index (κ1) is 28.9. The first-order chi connectivity index (χ1) is 20.0. The molecule has 1 aliphatic rings. The van der Waals surface area contributed by atoms with Crippen molar-refractivity contribution in [3.8, 4) is 0 Å². The second kappa shape index (κ2) is 11.7. The molecule has 0 radical (unpaired) electrons. The number of amides is 3. The number of carbonyl (C=O) groups is 2. The van der Waals surface area contributed by atoms with E-state index in [2.05, 4.69) is 30.9 Å². The molecule has 1 aliphatic heterocycles. The van der Waals surface area contributed by atoms with E-state index in [1.807, 2.05) is 49.4 Å². The zero-order valence-electron chi connectivity index (χ0n) is 24.3. The van der Waals surface area contributed by atoms with Crippen LogP contribution in [0.25, 0.3) is 5.65 Å². The molecule has 42 heavy (non-hydrogen) atoms. The Kier molecular flexibility index (Phi) is 8.03. The van der Waals surface area contributed by atoms with Gasteiger partial charge in [-0.25, -0.2) is 19.0 Å². The minimum atomic E-state index is -1.09. The molecule has 5 rings (SSSR count).